The number of likely N-dealkylation sites (N-methyl/N-ethyl adjacent to an activating group) is 1. The minimum absolute atomic E-state index is 0.291. The van der Waals surface area contributed by atoms with E-state index >= 15 is 0 Å². The van der Waals surface area contributed by atoms with Gasteiger partial charge in [-0.05, 0) is 57.8 Å². The van der Waals surface area contributed by atoms with Crippen molar-refractivity contribution in [1.29, 1.82) is 0 Å². The van der Waals surface area contributed by atoms with Gasteiger partial charge in [-0.3, -0.25) is 4.90 Å². The molecule has 2 heterocycles. The fourth-order valence-corrected chi connectivity index (χ4v) is 4.89. The Labute approximate surface area is 164 Å². The van der Waals surface area contributed by atoms with E-state index < -0.39 is 0 Å². The second-order valence-corrected chi connectivity index (χ2v) is 8.63. The molecule has 1 aromatic carbocycles. The molecule has 2 aliphatic heterocycles. The number of likely N-dealkylation sites (tertiary alicyclic amines) is 1. The van der Waals surface area contributed by atoms with Crippen molar-refractivity contribution in [3.8, 4) is 5.75 Å². The van der Waals surface area contributed by atoms with Gasteiger partial charge in [0.25, 0.3) is 0 Å². The summed E-state index contributed by atoms with van der Waals surface area (Å²) in [6, 6.07) is 4.43. The summed E-state index contributed by atoms with van der Waals surface area (Å²) in [6.07, 6.45) is 1.25. The third-order valence-electron chi connectivity index (χ3n) is 6.29. The van der Waals surface area contributed by atoms with Gasteiger partial charge in [0.05, 0.1) is 7.11 Å². The van der Waals surface area contributed by atoms with Crippen LogP contribution in [0.3, 0.4) is 0 Å². The maximum atomic E-state index is 9.96. The van der Waals surface area contributed by atoms with Gasteiger partial charge >= 0.3 is 0 Å². The summed E-state index contributed by atoms with van der Waals surface area (Å²) in [7, 11) is 3.98. The third kappa shape index (κ3) is 5.23. The summed E-state index contributed by atoms with van der Waals surface area (Å²) in [5.74, 6) is 1.94. The van der Waals surface area contributed by atoms with Gasteiger partial charge in [-0.25, -0.2) is 0 Å². The zero-order valence-corrected chi connectivity index (χ0v) is 17.6. The molecule has 5 nitrogen and oxygen atoms in total. The van der Waals surface area contributed by atoms with Crippen LogP contribution in [-0.2, 0) is 6.54 Å². The molecule has 0 bridgehead atoms. The predicted molar refractivity (Wildman–Crippen MR) is 110 cm³/mol. The molecule has 2 aliphatic rings. The van der Waals surface area contributed by atoms with Gasteiger partial charge in [-0.1, -0.05) is 17.7 Å². The first-order valence-electron chi connectivity index (χ1n) is 10.4. The Morgan fingerprint density at radius 3 is 2.56 bits per heavy atom. The molecule has 152 valence electrons. The standard InChI is InChI=1S/C22H37N3O2/c1-17-10-18(2)22(27-4)19(11-17)12-25-14-20(21(15-25)16-26)13-24-7-5-6-23(3)8-9-24/h10-11,20-21,26H,5-9,12-16H2,1-4H3/t20-,21-/m1/s1. The van der Waals surface area contributed by atoms with Crippen LogP contribution in [-0.4, -0.2) is 86.4 Å². The van der Waals surface area contributed by atoms with E-state index in [0.717, 1.165) is 45.0 Å². The quantitative estimate of drug-likeness (QED) is 0.823. The van der Waals surface area contributed by atoms with E-state index in [1.165, 1.54) is 36.2 Å². The maximum Gasteiger partial charge on any atom is 0.126 e. The van der Waals surface area contributed by atoms with E-state index in [1.54, 1.807) is 7.11 Å². The number of nitrogens with zero attached hydrogens (tertiary/aromatic N) is 3. The highest BCUT2D eigenvalue weighted by molar-refractivity contribution is 5.43. The molecule has 2 atom stereocenters. The molecule has 0 aliphatic carbocycles. The minimum atomic E-state index is 0.291. The van der Waals surface area contributed by atoms with Crippen molar-refractivity contribution in [2.24, 2.45) is 11.8 Å². The van der Waals surface area contributed by atoms with Crippen LogP contribution >= 0.6 is 0 Å². The molecule has 2 fully saturated rings. The molecule has 2 saturated heterocycles. The van der Waals surface area contributed by atoms with Crippen molar-refractivity contribution < 1.29 is 9.84 Å². The van der Waals surface area contributed by atoms with Crippen molar-refractivity contribution >= 4 is 0 Å². The van der Waals surface area contributed by atoms with Gasteiger partial charge in [0.2, 0.25) is 0 Å². The van der Waals surface area contributed by atoms with Crippen molar-refractivity contribution in [2.45, 2.75) is 26.8 Å². The Bertz CT molecular complexity index is 622. The summed E-state index contributed by atoms with van der Waals surface area (Å²) in [4.78, 5) is 7.54. The van der Waals surface area contributed by atoms with Crippen LogP contribution in [0, 0.1) is 25.7 Å². The largest absolute Gasteiger partial charge is 0.496 e. The van der Waals surface area contributed by atoms with E-state index in [4.69, 9.17) is 4.74 Å². The molecule has 0 spiro atoms. The van der Waals surface area contributed by atoms with Crippen LogP contribution in [0.1, 0.15) is 23.1 Å². The van der Waals surface area contributed by atoms with Crippen LogP contribution < -0.4 is 4.74 Å². The van der Waals surface area contributed by atoms with Gasteiger partial charge in [0, 0.05) is 51.4 Å². The molecule has 0 amide bonds. The summed E-state index contributed by atoms with van der Waals surface area (Å²) in [6.45, 7) is 13.3. The number of aliphatic hydroxyl groups is 1. The van der Waals surface area contributed by atoms with Gasteiger partial charge in [-0.15, -0.1) is 0 Å². The molecule has 0 aromatic heterocycles. The highest BCUT2D eigenvalue weighted by atomic mass is 16.5. The van der Waals surface area contributed by atoms with Crippen LogP contribution in [0.5, 0.6) is 5.75 Å². The molecular formula is C22H37N3O2. The van der Waals surface area contributed by atoms with E-state index in [9.17, 15) is 5.11 Å². The van der Waals surface area contributed by atoms with E-state index in [2.05, 4.69) is 47.7 Å². The lowest BCUT2D eigenvalue weighted by Crippen LogP contribution is -2.36. The van der Waals surface area contributed by atoms with Crippen molar-refractivity contribution in [1.82, 2.24) is 14.7 Å². The highest BCUT2D eigenvalue weighted by Crippen LogP contribution is 2.30. The van der Waals surface area contributed by atoms with E-state index in [0.29, 0.717) is 18.4 Å². The molecule has 1 N–H and O–H groups in total. The number of ether oxygens (including phenoxy) is 1. The summed E-state index contributed by atoms with van der Waals surface area (Å²) < 4.78 is 5.68. The second-order valence-electron chi connectivity index (χ2n) is 8.63. The number of benzene rings is 1. The smallest absolute Gasteiger partial charge is 0.126 e. The molecule has 0 unspecified atom stereocenters. The Morgan fingerprint density at radius 1 is 1.04 bits per heavy atom. The molecule has 3 rings (SSSR count). The Balaban J connectivity index is 1.64. The van der Waals surface area contributed by atoms with Gasteiger partial charge in [0.1, 0.15) is 5.75 Å². The molecular weight excluding hydrogens is 338 g/mol. The van der Waals surface area contributed by atoms with Crippen LogP contribution in [0.15, 0.2) is 12.1 Å². The topological polar surface area (TPSA) is 39.2 Å². The highest BCUT2D eigenvalue weighted by Gasteiger charge is 2.34. The Hall–Kier alpha value is -1.14. The van der Waals surface area contributed by atoms with Crippen LogP contribution in [0.2, 0.25) is 0 Å². The average Bonchev–Trinajstić information content (AvgIpc) is 2.88. The minimum Gasteiger partial charge on any atom is -0.496 e. The van der Waals surface area contributed by atoms with Crippen molar-refractivity contribution in [3.05, 3.63) is 28.8 Å². The lowest BCUT2D eigenvalue weighted by molar-refractivity contribution is 0.165. The SMILES string of the molecule is COc1c(C)cc(C)cc1CN1C[C@@H](CN2CCCN(C)CC2)[C@@H](CO)C1. The Kier molecular flexibility index (Phi) is 7.15. The summed E-state index contributed by atoms with van der Waals surface area (Å²) in [5.41, 5.74) is 3.76. The van der Waals surface area contributed by atoms with Crippen molar-refractivity contribution in [3.63, 3.8) is 0 Å². The molecule has 5 heteroatoms. The Morgan fingerprint density at radius 2 is 1.81 bits per heavy atom. The third-order valence-corrected chi connectivity index (χ3v) is 6.29. The normalized spacial score (nSPS) is 25.7. The first kappa shape index (κ1) is 20.6. The van der Waals surface area contributed by atoms with E-state index in [-0.39, 0.29) is 0 Å². The zero-order chi connectivity index (χ0) is 19.4. The first-order valence-corrected chi connectivity index (χ1v) is 10.4. The monoisotopic (exact) mass is 375 g/mol. The number of methoxy groups -OCH3 is 1. The van der Waals surface area contributed by atoms with Crippen LogP contribution in [0.25, 0.3) is 0 Å². The second kappa shape index (κ2) is 9.37. The fourth-order valence-electron chi connectivity index (χ4n) is 4.89. The molecule has 0 radical (unpaired) electrons. The maximum absolute atomic E-state index is 9.96. The zero-order valence-electron chi connectivity index (χ0n) is 17.6. The van der Waals surface area contributed by atoms with Crippen molar-refractivity contribution in [2.75, 3.05) is 66.6 Å². The molecule has 0 saturated carbocycles. The number of hydrogen-bond donors (Lipinski definition) is 1. The average molecular weight is 376 g/mol. The number of aliphatic hydroxyl groups excluding tert-OH is 1. The number of aryl methyl sites for hydroxylation is 2. The van der Waals surface area contributed by atoms with Gasteiger partial charge in [-0.2, -0.15) is 0 Å². The lowest BCUT2D eigenvalue weighted by Gasteiger charge is -2.26. The summed E-state index contributed by atoms with van der Waals surface area (Å²) in [5, 5.41) is 9.96. The number of hydrogen-bond acceptors (Lipinski definition) is 5. The van der Waals surface area contributed by atoms with E-state index in [1.807, 2.05) is 0 Å². The fraction of sp³-hybridized carbons (Fsp3) is 0.727. The molecule has 1 aromatic rings. The predicted octanol–water partition coefficient (Wildman–Crippen LogP) is 1.99. The summed E-state index contributed by atoms with van der Waals surface area (Å²) >= 11 is 0. The number of rotatable bonds is 6. The molecule has 27 heavy (non-hydrogen) atoms. The van der Waals surface area contributed by atoms with Gasteiger partial charge in [0.15, 0.2) is 0 Å². The van der Waals surface area contributed by atoms with Crippen LogP contribution in [0.4, 0.5) is 0 Å². The first-order chi connectivity index (χ1) is 13.0. The lowest BCUT2D eigenvalue weighted by atomic mass is 9.96. The van der Waals surface area contributed by atoms with Gasteiger partial charge < -0.3 is 19.6 Å².